The average molecular weight is 271 g/mol. The molecule has 2 aliphatic rings. The lowest BCUT2D eigenvalue weighted by Gasteiger charge is -2.36. The Bertz CT molecular complexity index is 251. The lowest BCUT2D eigenvalue weighted by atomic mass is 9.73. The molecule has 0 unspecified atom stereocenters. The SMILES string of the molecule is CC1(C)CCC(CNCC2(O)CCSCC2)CC1. The van der Waals surface area contributed by atoms with E-state index in [9.17, 15) is 5.11 Å². The molecular weight excluding hydrogens is 242 g/mol. The molecule has 2 nitrogen and oxygen atoms in total. The van der Waals surface area contributed by atoms with Crippen molar-refractivity contribution in [3.63, 3.8) is 0 Å². The Morgan fingerprint density at radius 1 is 1.11 bits per heavy atom. The molecule has 2 fully saturated rings. The monoisotopic (exact) mass is 271 g/mol. The third kappa shape index (κ3) is 4.43. The predicted molar refractivity (Wildman–Crippen MR) is 80.1 cm³/mol. The maximum Gasteiger partial charge on any atom is 0.0787 e. The highest BCUT2D eigenvalue weighted by Crippen LogP contribution is 2.37. The fourth-order valence-corrected chi connectivity index (χ4v) is 4.35. The van der Waals surface area contributed by atoms with Gasteiger partial charge in [-0.3, -0.25) is 0 Å². The summed E-state index contributed by atoms with van der Waals surface area (Å²) < 4.78 is 0. The van der Waals surface area contributed by atoms with Gasteiger partial charge in [0, 0.05) is 6.54 Å². The van der Waals surface area contributed by atoms with Crippen molar-refractivity contribution in [3.8, 4) is 0 Å². The van der Waals surface area contributed by atoms with Crippen molar-refractivity contribution in [1.29, 1.82) is 0 Å². The second-order valence-electron chi connectivity index (χ2n) is 7.08. The molecule has 2 N–H and O–H groups in total. The van der Waals surface area contributed by atoms with Gasteiger partial charge in [-0.2, -0.15) is 11.8 Å². The standard InChI is InChI=1S/C15H29NOS/c1-14(2)5-3-13(4-6-14)11-16-12-15(17)7-9-18-10-8-15/h13,16-17H,3-12H2,1-2H3. The van der Waals surface area contributed by atoms with Crippen LogP contribution in [0.2, 0.25) is 0 Å². The number of thioether (sulfide) groups is 1. The Balaban J connectivity index is 1.63. The van der Waals surface area contributed by atoms with E-state index in [-0.39, 0.29) is 0 Å². The summed E-state index contributed by atoms with van der Waals surface area (Å²) >= 11 is 1.97. The average Bonchev–Trinajstić information content (AvgIpc) is 2.32. The molecule has 1 heterocycles. The van der Waals surface area contributed by atoms with Crippen molar-refractivity contribution in [2.24, 2.45) is 11.3 Å². The van der Waals surface area contributed by atoms with Crippen LogP contribution in [0, 0.1) is 11.3 Å². The Kier molecular flexibility index (Phi) is 5.01. The van der Waals surface area contributed by atoms with Crippen LogP contribution in [-0.4, -0.2) is 35.3 Å². The Morgan fingerprint density at radius 3 is 2.33 bits per heavy atom. The van der Waals surface area contributed by atoms with Crippen LogP contribution in [0.15, 0.2) is 0 Å². The Labute approximate surface area is 116 Å². The summed E-state index contributed by atoms with van der Waals surface area (Å²) in [7, 11) is 0. The summed E-state index contributed by atoms with van der Waals surface area (Å²) in [5.41, 5.74) is 0.147. The third-order valence-corrected chi connectivity index (χ3v) is 5.75. The van der Waals surface area contributed by atoms with Gasteiger partial charge in [0.15, 0.2) is 0 Å². The maximum atomic E-state index is 10.4. The molecule has 0 aromatic heterocycles. The number of aliphatic hydroxyl groups is 1. The van der Waals surface area contributed by atoms with Crippen LogP contribution >= 0.6 is 11.8 Å². The van der Waals surface area contributed by atoms with Gasteiger partial charge in [-0.25, -0.2) is 0 Å². The van der Waals surface area contributed by atoms with Gasteiger partial charge in [-0.15, -0.1) is 0 Å². The molecule has 1 saturated heterocycles. The quantitative estimate of drug-likeness (QED) is 0.824. The highest BCUT2D eigenvalue weighted by atomic mass is 32.2. The lowest BCUT2D eigenvalue weighted by Crippen LogP contribution is -2.45. The van der Waals surface area contributed by atoms with Crippen molar-refractivity contribution >= 4 is 11.8 Å². The van der Waals surface area contributed by atoms with Crippen LogP contribution in [-0.2, 0) is 0 Å². The number of nitrogens with one attached hydrogen (secondary N) is 1. The van der Waals surface area contributed by atoms with Gasteiger partial charge in [-0.1, -0.05) is 13.8 Å². The van der Waals surface area contributed by atoms with Crippen LogP contribution in [0.1, 0.15) is 52.4 Å². The van der Waals surface area contributed by atoms with Crippen molar-refractivity contribution in [2.75, 3.05) is 24.6 Å². The van der Waals surface area contributed by atoms with Gasteiger partial charge in [0.05, 0.1) is 5.60 Å². The molecule has 1 aliphatic heterocycles. The molecule has 2 rings (SSSR count). The van der Waals surface area contributed by atoms with Gasteiger partial charge in [0.25, 0.3) is 0 Å². The van der Waals surface area contributed by atoms with Gasteiger partial charge in [0.2, 0.25) is 0 Å². The third-order valence-electron chi connectivity index (χ3n) is 4.77. The van der Waals surface area contributed by atoms with E-state index < -0.39 is 5.60 Å². The molecule has 1 saturated carbocycles. The predicted octanol–water partition coefficient (Wildman–Crippen LogP) is 3.05. The Morgan fingerprint density at radius 2 is 1.72 bits per heavy atom. The first-order chi connectivity index (χ1) is 8.49. The summed E-state index contributed by atoms with van der Waals surface area (Å²) in [6.07, 6.45) is 7.35. The minimum atomic E-state index is -0.417. The topological polar surface area (TPSA) is 32.3 Å². The highest BCUT2D eigenvalue weighted by Gasteiger charge is 2.30. The fourth-order valence-electron chi connectivity index (χ4n) is 3.10. The summed E-state index contributed by atoms with van der Waals surface area (Å²) in [6.45, 7) is 6.68. The molecule has 0 spiro atoms. The van der Waals surface area contributed by atoms with Crippen molar-refractivity contribution < 1.29 is 5.11 Å². The van der Waals surface area contributed by atoms with Crippen LogP contribution in [0.5, 0.6) is 0 Å². The van der Waals surface area contributed by atoms with Crippen LogP contribution < -0.4 is 5.32 Å². The first-order valence-corrected chi connectivity index (χ1v) is 8.66. The van der Waals surface area contributed by atoms with E-state index in [4.69, 9.17) is 0 Å². The lowest BCUT2D eigenvalue weighted by molar-refractivity contribution is 0.0305. The molecule has 0 amide bonds. The summed E-state index contributed by atoms with van der Waals surface area (Å²) in [4.78, 5) is 0. The van der Waals surface area contributed by atoms with Crippen molar-refractivity contribution in [1.82, 2.24) is 5.32 Å². The van der Waals surface area contributed by atoms with Gasteiger partial charge >= 0.3 is 0 Å². The fraction of sp³-hybridized carbons (Fsp3) is 1.00. The normalized spacial score (nSPS) is 28.2. The zero-order chi connectivity index (χ0) is 13.1. The second kappa shape index (κ2) is 6.15. The van der Waals surface area contributed by atoms with Crippen LogP contribution in [0.4, 0.5) is 0 Å². The number of hydrogen-bond acceptors (Lipinski definition) is 3. The summed E-state index contributed by atoms with van der Waals surface area (Å²) in [5, 5.41) is 13.9. The minimum Gasteiger partial charge on any atom is -0.389 e. The Hall–Kier alpha value is 0.270. The highest BCUT2D eigenvalue weighted by molar-refractivity contribution is 7.99. The first-order valence-electron chi connectivity index (χ1n) is 7.50. The molecule has 0 aromatic carbocycles. The van der Waals surface area contributed by atoms with Gasteiger partial charge < -0.3 is 10.4 Å². The second-order valence-corrected chi connectivity index (χ2v) is 8.30. The van der Waals surface area contributed by atoms with E-state index in [2.05, 4.69) is 19.2 Å². The molecule has 1 aliphatic carbocycles. The molecule has 3 heteroatoms. The first kappa shape index (κ1) is 14.7. The van der Waals surface area contributed by atoms with E-state index in [0.29, 0.717) is 5.41 Å². The van der Waals surface area contributed by atoms with E-state index in [0.717, 1.165) is 43.4 Å². The molecule has 0 atom stereocenters. The number of rotatable bonds is 4. The van der Waals surface area contributed by atoms with Crippen molar-refractivity contribution in [2.45, 2.75) is 58.0 Å². The molecule has 18 heavy (non-hydrogen) atoms. The minimum absolute atomic E-state index is 0.417. The van der Waals surface area contributed by atoms with E-state index in [1.807, 2.05) is 11.8 Å². The molecule has 0 bridgehead atoms. The van der Waals surface area contributed by atoms with Gasteiger partial charge in [-0.05, 0) is 67.9 Å². The van der Waals surface area contributed by atoms with Crippen molar-refractivity contribution in [3.05, 3.63) is 0 Å². The largest absolute Gasteiger partial charge is 0.389 e. The molecule has 0 radical (unpaired) electrons. The summed E-state index contributed by atoms with van der Waals surface area (Å²) in [6, 6.07) is 0. The van der Waals surface area contributed by atoms with Gasteiger partial charge in [0.1, 0.15) is 0 Å². The summed E-state index contributed by atoms with van der Waals surface area (Å²) in [5.74, 6) is 3.07. The van der Waals surface area contributed by atoms with Crippen LogP contribution in [0.25, 0.3) is 0 Å². The molecular formula is C15H29NOS. The van der Waals surface area contributed by atoms with E-state index >= 15 is 0 Å². The molecule has 0 aromatic rings. The number of hydrogen-bond donors (Lipinski definition) is 2. The van der Waals surface area contributed by atoms with E-state index in [1.54, 1.807) is 0 Å². The maximum absolute atomic E-state index is 10.4. The zero-order valence-electron chi connectivity index (χ0n) is 12.0. The van der Waals surface area contributed by atoms with E-state index in [1.165, 1.54) is 25.7 Å². The smallest absolute Gasteiger partial charge is 0.0787 e. The zero-order valence-corrected chi connectivity index (χ0v) is 12.8. The van der Waals surface area contributed by atoms with Crippen LogP contribution in [0.3, 0.4) is 0 Å². The molecule has 106 valence electrons.